The van der Waals surface area contributed by atoms with E-state index in [0.717, 1.165) is 16.8 Å². The van der Waals surface area contributed by atoms with Crippen LogP contribution in [0.15, 0.2) is 22.7 Å². The number of aromatic hydroxyl groups is 1. The van der Waals surface area contributed by atoms with Crippen LogP contribution in [0.3, 0.4) is 0 Å². The van der Waals surface area contributed by atoms with Gasteiger partial charge < -0.3 is 10.8 Å². The summed E-state index contributed by atoms with van der Waals surface area (Å²) in [7, 11) is 0. The Morgan fingerprint density at radius 1 is 1.40 bits per heavy atom. The first-order chi connectivity index (χ1) is 7.08. The quantitative estimate of drug-likeness (QED) is 0.743. The molecule has 5 heteroatoms. The van der Waals surface area contributed by atoms with Crippen LogP contribution in [0.1, 0.15) is 5.56 Å². The van der Waals surface area contributed by atoms with Gasteiger partial charge in [0, 0.05) is 11.6 Å². The average molecular weight is 268 g/mol. The Balaban J connectivity index is 2.55. The number of nitrogens with zero attached hydrogens (tertiary/aromatic N) is 1. The van der Waals surface area contributed by atoms with Gasteiger partial charge in [0.15, 0.2) is 0 Å². The minimum atomic E-state index is 0.256. The molecule has 0 aliphatic carbocycles. The van der Waals surface area contributed by atoms with E-state index < -0.39 is 0 Å². The van der Waals surface area contributed by atoms with Crippen molar-refractivity contribution in [1.82, 2.24) is 10.2 Å². The number of rotatable bonds is 1. The Morgan fingerprint density at radius 3 is 2.67 bits per heavy atom. The van der Waals surface area contributed by atoms with Gasteiger partial charge in [-0.05, 0) is 40.5 Å². The molecule has 0 bridgehead atoms. The summed E-state index contributed by atoms with van der Waals surface area (Å²) in [5.41, 5.74) is 8.08. The van der Waals surface area contributed by atoms with E-state index in [1.165, 1.54) is 0 Å². The summed E-state index contributed by atoms with van der Waals surface area (Å²) in [6, 6.07) is 5.43. The fourth-order valence-corrected chi connectivity index (χ4v) is 1.94. The molecule has 0 amide bonds. The molecule has 0 fully saturated rings. The van der Waals surface area contributed by atoms with Crippen LogP contribution in [0.5, 0.6) is 5.75 Å². The van der Waals surface area contributed by atoms with E-state index in [9.17, 15) is 5.11 Å². The van der Waals surface area contributed by atoms with Gasteiger partial charge in [-0.25, -0.2) is 0 Å². The molecule has 0 spiro atoms. The first-order valence-electron chi connectivity index (χ1n) is 4.38. The Kier molecular flexibility index (Phi) is 2.40. The molecule has 0 aliphatic rings. The zero-order chi connectivity index (χ0) is 11.0. The Hall–Kier alpha value is -1.49. The second kappa shape index (κ2) is 3.58. The number of aromatic nitrogens is 2. The number of halogens is 1. The highest BCUT2D eigenvalue weighted by molar-refractivity contribution is 9.10. The lowest BCUT2D eigenvalue weighted by atomic mass is 10.1. The zero-order valence-electron chi connectivity index (χ0n) is 8.08. The highest BCUT2D eigenvalue weighted by Crippen LogP contribution is 2.32. The molecule has 2 rings (SSSR count). The molecule has 0 radical (unpaired) electrons. The SMILES string of the molecule is Cc1cc(-c2cc(N)n[nH]2)cc(Br)c1O. The van der Waals surface area contributed by atoms with Gasteiger partial charge in [0.2, 0.25) is 0 Å². The molecule has 1 aromatic carbocycles. The number of hydrogen-bond acceptors (Lipinski definition) is 3. The average Bonchev–Trinajstić information content (AvgIpc) is 2.60. The van der Waals surface area contributed by atoms with Crippen molar-refractivity contribution in [2.24, 2.45) is 0 Å². The van der Waals surface area contributed by atoms with Gasteiger partial charge in [-0.15, -0.1) is 0 Å². The first-order valence-corrected chi connectivity index (χ1v) is 5.17. The van der Waals surface area contributed by atoms with Gasteiger partial charge in [-0.3, -0.25) is 5.10 Å². The minimum Gasteiger partial charge on any atom is -0.506 e. The molecule has 1 aromatic heterocycles. The third kappa shape index (κ3) is 1.83. The first kappa shape index (κ1) is 10.0. The van der Waals surface area contributed by atoms with E-state index in [1.54, 1.807) is 6.07 Å². The van der Waals surface area contributed by atoms with E-state index in [0.29, 0.717) is 10.3 Å². The number of anilines is 1. The molecule has 2 aromatic rings. The summed E-state index contributed by atoms with van der Waals surface area (Å²) in [5.74, 6) is 0.707. The number of hydrogen-bond donors (Lipinski definition) is 3. The molecular formula is C10H10BrN3O. The second-order valence-electron chi connectivity index (χ2n) is 3.33. The molecule has 0 saturated carbocycles. The number of H-pyrrole nitrogens is 1. The van der Waals surface area contributed by atoms with Crippen molar-refractivity contribution in [3.05, 3.63) is 28.2 Å². The van der Waals surface area contributed by atoms with Crippen LogP contribution in [-0.2, 0) is 0 Å². The summed E-state index contributed by atoms with van der Waals surface area (Å²) in [5, 5.41) is 16.3. The number of nitrogens with one attached hydrogen (secondary N) is 1. The summed E-state index contributed by atoms with van der Waals surface area (Å²) >= 11 is 3.29. The third-order valence-corrected chi connectivity index (χ3v) is 2.77. The highest BCUT2D eigenvalue weighted by atomic mass is 79.9. The number of phenols is 1. The molecule has 4 N–H and O–H groups in total. The third-order valence-electron chi connectivity index (χ3n) is 2.16. The topological polar surface area (TPSA) is 74.9 Å². The fraction of sp³-hybridized carbons (Fsp3) is 0.100. The van der Waals surface area contributed by atoms with E-state index >= 15 is 0 Å². The van der Waals surface area contributed by atoms with E-state index in [4.69, 9.17) is 5.73 Å². The van der Waals surface area contributed by atoms with Gasteiger partial charge in [0.1, 0.15) is 11.6 Å². The molecule has 4 nitrogen and oxygen atoms in total. The normalized spacial score (nSPS) is 10.5. The Labute approximate surface area is 95.3 Å². The monoisotopic (exact) mass is 267 g/mol. The van der Waals surface area contributed by atoms with Gasteiger partial charge in [0.05, 0.1) is 10.2 Å². The summed E-state index contributed by atoms with van der Waals surface area (Å²) in [6.07, 6.45) is 0. The van der Waals surface area contributed by atoms with Gasteiger partial charge in [-0.1, -0.05) is 0 Å². The molecule has 15 heavy (non-hydrogen) atoms. The summed E-state index contributed by atoms with van der Waals surface area (Å²) in [6.45, 7) is 1.84. The van der Waals surface area contributed by atoms with E-state index in [1.807, 2.05) is 19.1 Å². The molecule has 0 saturated heterocycles. The van der Waals surface area contributed by atoms with Crippen molar-refractivity contribution in [2.75, 3.05) is 5.73 Å². The number of phenolic OH excluding ortho intramolecular Hbond substituents is 1. The lowest BCUT2D eigenvalue weighted by Crippen LogP contribution is -1.82. The Bertz CT molecular complexity index is 484. The zero-order valence-corrected chi connectivity index (χ0v) is 9.67. The molecule has 78 valence electrons. The maximum atomic E-state index is 9.59. The van der Waals surface area contributed by atoms with Crippen molar-refractivity contribution >= 4 is 21.7 Å². The van der Waals surface area contributed by atoms with Crippen molar-refractivity contribution < 1.29 is 5.11 Å². The predicted octanol–water partition coefficient (Wildman–Crippen LogP) is 2.44. The molecular weight excluding hydrogens is 258 g/mol. The lowest BCUT2D eigenvalue weighted by molar-refractivity contribution is 0.468. The van der Waals surface area contributed by atoms with Crippen LogP contribution in [0.25, 0.3) is 11.3 Å². The fourth-order valence-electron chi connectivity index (χ4n) is 1.38. The molecule has 0 aliphatic heterocycles. The summed E-state index contributed by atoms with van der Waals surface area (Å²) in [4.78, 5) is 0. The van der Waals surface area contributed by atoms with E-state index in [-0.39, 0.29) is 5.75 Å². The summed E-state index contributed by atoms with van der Waals surface area (Å²) < 4.78 is 0.658. The van der Waals surface area contributed by atoms with Gasteiger partial charge in [-0.2, -0.15) is 5.10 Å². The maximum Gasteiger partial charge on any atom is 0.145 e. The highest BCUT2D eigenvalue weighted by Gasteiger charge is 2.07. The second-order valence-corrected chi connectivity index (χ2v) is 4.18. The number of aromatic amines is 1. The van der Waals surface area contributed by atoms with Crippen LogP contribution in [0, 0.1) is 6.92 Å². The van der Waals surface area contributed by atoms with Crippen molar-refractivity contribution in [2.45, 2.75) is 6.92 Å². The predicted molar refractivity (Wildman–Crippen MR) is 62.5 cm³/mol. The van der Waals surface area contributed by atoms with Crippen molar-refractivity contribution in [1.29, 1.82) is 0 Å². The molecule has 0 unspecified atom stereocenters. The Morgan fingerprint density at radius 2 is 2.13 bits per heavy atom. The van der Waals surface area contributed by atoms with Gasteiger partial charge >= 0.3 is 0 Å². The van der Waals surface area contributed by atoms with Crippen LogP contribution in [-0.4, -0.2) is 15.3 Å². The van der Waals surface area contributed by atoms with Crippen LogP contribution in [0.2, 0.25) is 0 Å². The molecule has 0 atom stereocenters. The largest absolute Gasteiger partial charge is 0.506 e. The maximum absolute atomic E-state index is 9.59. The number of nitrogens with two attached hydrogens (primary N) is 1. The van der Waals surface area contributed by atoms with Crippen LogP contribution >= 0.6 is 15.9 Å². The lowest BCUT2D eigenvalue weighted by Gasteiger charge is -2.04. The van der Waals surface area contributed by atoms with Crippen LogP contribution in [0.4, 0.5) is 5.82 Å². The number of aryl methyl sites for hydroxylation is 1. The van der Waals surface area contributed by atoms with Crippen molar-refractivity contribution in [3.63, 3.8) is 0 Å². The number of nitrogen functional groups attached to an aromatic ring is 1. The van der Waals surface area contributed by atoms with E-state index in [2.05, 4.69) is 26.1 Å². The molecule has 1 heterocycles. The minimum absolute atomic E-state index is 0.256. The van der Waals surface area contributed by atoms with Gasteiger partial charge in [0.25, 0.3) is 0 Å². The smallest absolute Gasteiger partial charge is 0.145 e. The number of benzene rings is 1. The standard InChI is InChI=1S/C10H10BrN3O/c1-5-2-6(3-7(11)10(5)15)8-4-9(12)14-13-8/h2-4,15H,1H3,(H3,12,13,14). The van der Waals surface area contributed by atoms with Crippen molar-refractivity contribution in [3.8, 4) is 17.0 Å². The van der Waals surface area contributed by atoms with Crippen LogP contribution < -0.4 is 5.73 Å².